The van der Waals surface area contributed by atoms with Crippen molar-refractivity contribution in [1.82, 2.24) is 10.2 Å². The van der Waals surface area contributed by atoms with E-state index in [4.69, 9.17) is 0 Å². The summed E-state index contributed by atoms with van der Waals surface area (Å²) >= 11 is 0. The van der Waals surface area contributed by atoms with E-state index in [1.54, 1.807) is 0 Å². The minimum absolute atomic E-state index is 0.0587. The summed E-state index contributed by atoms with van der Waals surface area (Å²) < 4.78 is 11.6. The predicted molar refractivity (Wildman–Crippen MR) is 80.3 cm³/mol. The summed E-state index contributed by atoms with van der Waals surface area (Å²) in [4.78, 5) is 14.4. The van der Waals surface area contributed by atoms with E-state index in [0.29, 0.717) is 24.0 Å². The highest BCUT2D eigenvalue weighted by molar-refractivity contribution is 7.84. The molecule has 112 valence electrons. The first-order chi connectivity index (χ1) is 9.04. The molecule has 4 atom stereocenters. The van der Waals surface area contributed by atoms with Crippen molar-refractivity contribution in [3.05, 3.63) is 0 Å². The van der Waals surface area contributed by atoms with Crippen molar-refractivity contribution < 1.29 is 9.00 Å². The molecule has 0 aliphatic carbocycles. The monoisotopic (exact) mass is 288 g/mol. The molecule has 1 aliphatic rings. The molecular weight excluding hydrogens is 260 g/mol. The average molecular weight is 288 g/mol. The van der Waals surface area contributed by atoms with Crippen LogP contribution in [0.15, 0.2) is 0 Å². The third-order valence-electron chi connectivity index (χ3n) is 3.95. The lowest BCUT2D eigenvalue weighted by Crippen LogP contribution is -2.39. The summed E-state index contributed by atoms with van der Waals surface area (Å²) in [6.45, 7) is 8.90. The first-order valence-electron chi connectivity index (χ1n) is 7.46. The number of hydrogen-bond acceptors (Lipinski definition) is 3. The Morgan fingerprint density at radius 3 is 2.58 bits per heavy atom. The number of amides is 1. The molecule has 4 unspecified atom stereocenters. The topological polar surface area (TPSA) is 49.4 Å². The maximum Gasteiger partial charge on any atom is 0.241 e. The van der Waals surface area contributed by atoms with Crippen molar-refractivity contribution in [2.75, 3.05) is 18.1 Å². The van der Waals surface area contributed by atoms with Gasteiger partial charge in [-0.1, -0.05) is 40.5 Å². The highest BCUT2D eigenvalue weighted by Gasteiger charge is 2.40. The maximum atomic E-state index is 12.5. The van der Waals surface area contributed by atoms with Gasteiger partial charge >= 0.3 is 0 Å². The van der Waals surface area contributed by atoms with Crippen LogP contribution >= 0.6 is 0 Å². The Hall–Kier alpha value is -0.420. The molecule has 0 aromatic rings. The third kappa shape index (κ3) is 4.28. The molecule has 1 N–H and O–H groups in total. The molecule has 1 amide bonds. The lowest BCUT2D eigenvalue weighted by molar-refractivity contribution is -0.130. The van der Waals surface area contributed by atoms with Gasteiger partial charge in [-0.05, 0) is 12.3 Å². The summed E-state index contributed by atoms with van der Waals surface area (Å²) in [5.41, 5.74) is 0. The van der Waals surface area contributed by atoms with Gasteiger partial charge in [-0.2, -0.15) is 0 Å². The zero-order valence-electron chi connectivity index (χ0n) is 12.6. The summed E-state index contributed by atoms with van der Waals surface area (Å²) in [6, 6.07) is -0.0587. The third-order valence-corrected chi connectivity index (χ3v) is 5.24. The quantitative estimate of drug-likeness (QED) is 0.740. The first kappa shape index (κ1) is 16.6. The van der Waals surface area contributed by atoms with Gasteiger partial charge in [-0.25, -0.2) is 0 Å². The van der Waals surface area contributed by atoms with Crippen LogP contribution in [-0.2, 0) is 15.6 Å². The minimum Gasteiger partial charge on any atom is -0.325 e. The SMILES string of the molecule is CCCC1NC(C(C)CC)C(=O)N1CCS(=O)CC. The second-order valence-electron chi connectivity index (χ2n) is 5.30. The first-order valence-corrected chi connectivity index (χ1v) is 8.95. The largest absolute Gasteiger partial charge is 0.325 e. The van der Waals surface area contributed by atoms with Crippen LogP contribution < -0.4 is 5.32 Å². The van der Waals surface area contributed by atoms with Crippen LogP contribution in [0, 0.1) is 5.92 Å². The summed E-state index contributed by atoms with van der Waals surface area (Å²) in [6.07, 6.45) is 3.14. The molecule has 1 fully saturated rings. The fraction of sp³-hybridized carbons (Fsp3) is 0.929. The van der Waals surface area contributed by atoms with E-state index < -0.39 is 10.8 Å². The molecule has 0 bridgehead atoms. The van der Waals surface area contributed by atoms with Crippen molar-refractivity contribution in [1.29, 1.82) is 0 Å². The van der Waals surface area contributed by atoms with E-state index >= 15 is 0 Å². The van der Waals surface area contributed by atoms with Gasteiger partial charge in [-0.15, -0.1) is 0 Å². The van der Waals surface area contributed by atoms with Crippen LogP contribution in [0.1, 0.15) is 47.0 Å². The van der Waals surface area contributed by atoms with Crippen LogP contribution in [0.25, 0.3) is 0 Å². The Morgan fingerprint density at radius 2 is 2.05 bits per heavy atom. The second kappa shape index (κ2) is 8.00. The zero-order valence-corrected chi connectivity index (χ0v) is 13.5. The Kier molecular flexibility index (Phi) is 7.00. The summed E-state index contributed by atoms with van der Waals surface area (Å²) in [5, 5.41) is 3.46. The Balaban J connectivity index is 2.68. The molecule has 19 heavy (non-hydrogen) atoms. The predicted octanol–water partition coefficient (Wildman–Crippen LogP) is 1.73. The van der Waals surface area contributed by atoms with Gasteiger partial charge in [0.15, 0.2) is 0 Å². The molecule has 0 spiro atoms. The van der Waals surface area contributed by atoms with Gasteiger partial charge in [0, 0.05) is 28.9 Å². The van der Waals surface area contributed by atoms with Gasteiger partial charge in [0.2, 0.25) is 5.91 Å². The summed E-state index contributed by atoms with van der Waals surface area (Å²) in [5.74, 6) is 1.81. The molecule has 0 radical (unpaired) electrons. The van der Waals surface area contributed by atoms with Crippen molar-refractivity contribution in [3.8, 4) is 0 Å². The van der Waals surface area contributed by atoms with Crippen LogP contribution in [0.5, 0.6) is 0 Å². The number of rotatable bonds is 8. The Labute approximate surface area is 119 Å². The Morgan fingerprint density at radius 1 is 1.37 bits per heavy atom. The molecule has 5 heteroatoms. The van der Waals surface area contributed by atoms with Crippen molar-refractivity contribution in [3.63, 3.8) is 0 Å². The van der Waals surface area contributed by atoms with Gasteiger partial charge in [0.25, 0.3) is 0 Å². The smallest absolute Gasteiger partial charge is 0.241 e. The van der Waals surface area contributed by atoms with Gasteiger partial charge in [0.1, 0.15) is 0 Å². The normalized spacial score (nSPS) is 26.7. The zero-order chi connectivity index (χ0) is 14.4. The van der Waals surface area contributed by atoms with Gasteiger partial charge in [-0.3, -0.25) is 14.3 Å². The number of nitrogens with one attached hydrogen (secondary N) is 1. The lowest BCUT2D eigenvalue weighted by atomic mass is 9.99. The molecule has 1 heterocycles. The standard InChI is InChI=1S/C14H28N2O2S/c1-5-8-12-15-13(11(4)6-2)14(17)16(12)9-10-19(18)7-3/h11-13,15H,5-10H2,1-4H3. The van der Waals surface area contributed by atoms with Crippen LogP contribution in [0.2, 0.25) is 0 Å². The average Bonchev–Trinajstić information content (AvgIpc) is 2.72. The molecule has 0 saturated carbocycles. The van der Waals surface area contributed by atoms with E-state index in [0.717, 1.165) is 19.3 Å². The van der Waals surface area contributed by atoms with Crippen LogP contribution in [-0.4, -0.2) is 45.3 Å². The number of hydrogen-bond donors (Lipinski definition) is 1. The van der Waals surface area contributed by atoms with Gasteiger partial charge in [0.05, 0.1) is 12.2 Å². The Bertz CT molecular complexity index is 323. The molecule has 4 nitrogen and oxygen atoms in total. The molecule has 0 aromatic carbocycles. The van der Waals surface area contributed by atoms with Crippen LogP contribution in [0.3, 0.4) is 0 Å². The van der Waals surface area contributed by atoms with E-state index in [1.165, 1.54) is 0 Å². The fourth-order valence-electron chi connectivity index (χ4n) is 2.47. The highest BCUT2D eigenvalue weighted by atomic mass is 32.2. The number of carbonyl (C=O) groups is 1. The molecular formula is C14H28N2O2S. The second-order valence-corrected chi connectivity index (χ2v) is 7.16. The van der Waals surface area contributed by atoms with E-state index in [-0.39, 0.29) is 18.1 Å². The summed E-state index contributed by atoms with van der Waals surface area (Å²) in [7, 11) is -0.802. The highest BCUT2D eigenvalue weighted by Crippen LogP contribution is 2.21. The molecule has 1 aliphatic heterocycles. The van der Waals surface area contributed by atoms with Crippen LogP contribution in [0.4, 0.5) is 0 Å². The molecule has 1 saturated heterocycles. The van der Waals surface area contributed by atoms with Crippen molar-refractivity contribution in [2.24, 2.45) is 5.92 Å². The molecule has 1 rings (SSSR count). The number of nitrogens with zero attached hydrogens (tertiary/aromatic N) is 1. The van der Waals surface area contributed by atoms with E-state index in [1.807, 2.05) is 11.8 Å². The van der Waals surface area contributed by atoms with Crippen molar-refractivity contribution in [2.45, 2.75) is 59.2 Å². The fourth-order valence-corrected chi connectivity index (χ4v) is 3.16. The van der Waals surface area contributed by atoms with E-state index in [9.17, 15) is 9.00 Å². The molecule has 0 aromatic heterocycles. The van der Waals surface area contributed by atoms with Crippen molar-refractivity contribution >= 4 is 16.7 Å². The minimum atomic E-state index is -0.802. The lowest BCUT2D eigenvalue weighted by Gasteiger charge is -2.23. The van der Waals surface area contributed by atoms with Gasteiger partial charge < -0.3 is 4.90 Å². The number of carbonyl (C=O) groups excluding carboxylic acids is 1. The maximum absolute atomic E-state index is 12.5. The van der Waals surface area contributed by atoms with E-state index in [2.05, 4.69) is 26.1 Å².